The molecule has 0 saturated heterocycles. The quantitative estimate of drug-likeness (QED) is 0.750. The number of carbonyl (C=O) groups excluding carboxylic acids is 1. The number of aryl methyl sites for hydroxylation is 1. The molecule has 0 amide bonds. The van der Waals surface area contributed by atoms with Crippen LogP contribution in [0.5, 0.6) is 0 Å². The van der Waals surface area contributed by atoms with E-state index in [0.717, 1.165) is 30.2 Å². The highest BCUT2D eigenvalue weighted by atomic mass is 16.1. The topological polar surface area (TPSA) is 66.9 Å². The largest absolute Gasteiger partial charge is 0.370 e. The summed E-state index contributed by atoms with van der Waals surface area (Å²) in [5, 5.41) is 6.51. The van der Waals surface area contributed by atoms with Crippen LogP contribution >= 0.6 is 0 Å². The Kier molecular flexibility index (Phi) is 5.68. The Morgan fingerprint density at radius 1 is 1.17 bits per heavy atom. The molecule has 2 aromatic rings. The Morgan fingerprint density at radius 3 is 2.48 bits per heavy atom. The maximum atomic E-state index is 11.3. The Hall–Kier alpha value is -2.43. The molecule has 2 rings (SSSR count). The highest BCUT2D eigenvalue weighted by Gasteiger charge is 2.04. The smallest absolute Gasteiger partial charge is 0.229 e. The van der Waals surface area contributed by atoms with Gasteiger partial charge in [-0.25, -0.2) is 4.98 Å². The lowest BCUT2D eigenvalue weighted by Gasteiger charge is -2.11. The van der Waals surface area contributed by atoms with Crippen LogP contribution in [0.2, 0.25) is 0 Å². The minimum absolute atomic E-state index is 0.0556. The molecule has 1 aromatic carbocycles. The summed E-state index contributed by atoms with van der Waals surface area (Å²) in [6, 6.07) is 9.23. The molecular formula is C18H24N4O. The zero-order valence-electron chi connectivity index (χ0n) is 14.2. The molecule has 0 bridgehead atoms. The molecule has 0 spiro atoms. The van der Waals surface area contributed by atoms with Crippen molar-refractivity contribution in [3.63, 3.8) is 0 Å². The predicted molar refractivity (Wildman–Crippen MR) is 94.4 cm³/mol. The Labute approximate surface area is 137 Å². The lowest BCUT2D eigenvalue weighted by atomic mass is 10.1. The highest BCUT2D eigenvalue weighted by Crippen LogP contribution is 2.17. The Bertz CT molecular complexity index is 665. The van der Waals surface area contributed by atoms with Gasteiger partial charge in [0.25, 0.3) is 0 Å². The zero-order valence-corrected chi connectivity index (χ0v) is 14.2. The molecule has 0 aliphatic rings. The molecule has 1 aromatic heterocycles. The number of hydrogen-bond donors (Lipinski definition) is 2. The molecule has 0 atom stereocenters. The highest BCUT2D eigenvalue weighted by molar-refractivity contribution is 5.94. The van der Waals surface area contributed by atoms with Gasteiger partial charge in [-0.2, -0.15) is 4.98 Å². The van der Waals surface area contributed by atoms with Gasteiger partial charge in [0.15, 0.2) is 5.78 Å². The fourth-order valence-corrected chi connectivity index (χ4v) is 2.12. The van der Waals surface area contributed by atoms with Crippen molar-refractivity contribution < 1.29 is 4.79 Å². The molecule has 2 N–H and O–H groups in total. The number of anilines is 3. The second-order valence-corrected chi connectivity index (χ2v) is 6.09. The minimum Gasteiger partial charge on any atom is -0.370 e. The van der Waals surface area contributed by atoms with Crippen LogP contribution in [0.4, 0.5) is 17.5 Å². The first-order valence-corrected chi connectivity index (χ1v) is 7.91. The van der Waals surface area contributed by atoms with Gasteiger partial charge in [-0.1, -0.05) is 13.8 Å². The second-order valence-electron chi connectivity index (χ2n) is 6.09. The predicted octanol–water partition coefficient (Wildman–Crippen LogP) is 4.19. The van der Waals surface area contributed by atoms with Gasteiger partial charge in [0.1, 0.15) is 5.82 Å². The molecule has 0 aliphatic heterocycles. The number of aromatic nitrogens is 2. The van der Waals surface area contributed by atoms with Crippen molar-refractivity contribution in [3.8, 4) is 0 Å². The summed E-state index contributed by atoms with van der Waals surface area (Å²) in [5.41, 5.74) is 2.44. The van der Waals surface area contributed by atoms with E-state index in [1.165, 1.54) is 0 Å². The normalized spacial score (nSPS) is 10.7. The number of nitrogens with one attached hydrogen (secondary N) is 2. The van der Waals surface area contributed by atoms with E-state index in [9.17, 15) is 4.79 Å². The lowest BCUT2D eigenvalue weighted by molar-refractivity contribution is 0.101. The number of hydrogen-bond acceptors (Lipinski definition) is 5. The van der Waals surface area contributed by atoms with Crippen LogP contribution in [0.25, 0.3) is 0 Å². The molecule has 0 fully saturated rings. The molecule has 0 unspecified atom stereocenters. The molecule has 5 heteroatoms. The molecule has 1 heterocycles. The fourth-order valence-electron chi connectivity index (χ4n) is 2.12. The first-order valence-electron chi connectivity index (χ1n) is 7.91. The first kappa shape index (κ1) is 16.9. The monoisotopic (exact) mass is 312 g/mol. The van der Waals surface area contributed by atoms with Crippen molar-refractivity contribution >= 4 is 23.2 Å². The van der Waals surface area contributed by atoms with Gasteiger partial charge in [-0.15, -0.1) is 0 Å². The number of Topliss-reactive ketones (excluding diaryl/α,β-unsaturated/α-hetero) is 1. The number of nitrogens with zero attached hydrogens (tertiary/aromatic N) is 2. The molecule has 23 heavy (non-hydrogen) atoms. The minimum atomic E-state index is 0.0556. The van der Waals surface area contributed by atoms with Crippen LogP contribution in [-0.2, 0) is 0 Å². The maximum absolute atomic E-state index is 11.3. The fraction of sp³-hybridized carbons (Fsp3) is 0.389. The SMILES string of the molecule is CC(=O)c1ccc(Nc2nc(C)cc(NCCC(C)C)n2)cc1. The van der Waals surface area contributed by atoms with Gasteiger partial charge in [0.05, 0.1) is 0 Å². The van der Waals surface area contributed by atoms with Gasteiger partial charge in [0.2, 0.25) is 5.95 Å². The molecule has 122 valence electrons. The number of rotatable bonds is 7. The third-order valence-corrected chi connectivity index (χ3v) is 3.43. The standard InChI is InChI=1S/C18H24N4O/c1-12(2)9-10-19-17-11-13(3)20-18(22-17)21-16-7-5-15(6-8-16)14(4)23/h5-8,11-12H,9-10H2,1-4H3,(H2,19,20,21,22). The van der Waals surface area contributed by atoms with Crippen LogP contribution in [0, 0.1) is 12.8 Å². The van der Waals surface area contributed by atoms with E-state index in [-0.39, 0.29) is 5.78 Å². The van der Waals surface area contributed by atoms with Crippen molar-refractivity contribution in [2.24, 2.45) is 5.92 Å². The zero-order chi connectivity index (χ0) is 16.8. The summed E-state index contributed by atoms with van der Waals surface area (Å²) in [7, 11) is 0. The van der Waals surface area contributed by atoms with E-state index < -0.39 is 0 Å². The summed E-state index contributed by atoms with van der Waals surface area (Å²) >= 11 is 0. The van der Waals surface area contributed by atoms with Crippen LogP contribution in [0.3, 0.4) is 0 Å². The summed E-state index contributed by atoms with van der Waals surface area (Å²) < 4.78 is 0. The Balaban J connectivity index is 2.07. The van der Waals surface area contributed by atoms with Gasteiger partial charge in [-0.05, 0) is 50.5 Å². The maximum Gasteiger partial charge on any atom is 0.229 e. The van der Waals surface area contributed by atoms with Crippen LogP contribution in [-0.4, -0.2) is 22.3 Å². The van der Waals surface area contributed by atoms with Gasteiger partial charge in [0, 0.05) is 29.6 Å². The summed E-state index contributed by atoms with van der Waals surface area (Å²) in [4.78, 5) is 20.2. The third kappa shape index (κ3) is 5.36. The van der Waals surface area contributed by atoms with Crippen LogP contribution < -0.4 is 10.6 Å². The molecule has 0 aliphatic carbocycles. The van der Waals surface area contributed by atoms with E-state index in [4.69, 9.17) is 0 Å². The first-order chi connectivity index (χ1) is 10.9. The van der Waals surface area contributed by atoms with Gasteiger partial charge >= 0.3 is 0 Å². The average Bonchev–Trinajstić information content (AvgIpc) is 2.46. The summed E-state index contributed by atoms with van der Waals surface area (Å²) in [6.07, 6.45) is 1.10. The third-order valence-electron chi connectivity index (χ3n) is 3.43. The van der Waals surface area contributed by atoms with Gasteiger partial charge in [-0.3, -0.25) is 4.79 Å². The lowest BCUT2D eigenvalue weighted by Crippen LogP contribution is -2.08. The van der Waals surface area contributed by atoms with E-state index in [0.29, 0.717) is 17.4 Å². The van der Waals surface area contributed by atoms with Crippen LogP contribution in [0.1, 0.15) is 43.2 Å². The summed E-state index contributed by atoms with van der Waals surface area (Å²) in [6.45, 7) is 8.79. The molecule has 5 nitrogen and oxygen atoms in total. The van der Waals surface area contributed by atoms with Crippen molar-refractivity contribution in [3.05, 3.63) is 41.6 Å². The van der Waals surface area contributed by atoms with Crippen molar-refractivity contribution in [2.75, 3.05) is 17.2 Å². The molecular weight excluding hydrogens is 288 g/mol. The second kappa shape index (κ2) is 7.72. The Morgan fingerprint density at radius 2 is 1.87 bits per heavy atom. The van der Waals surface area contributed by atoms with Crippen molar-refractivity contribution in [1.82, 2.24) is 9.97 Å². The average molecular weight is 312 g/mol. The number of ketones is 1. The van der Waals surface area contributed by atoms with Crippen molar-refractivity contribution in [2.45, 2.75) is 34.1 Å². The number of carbonyl (C=O) groups is 1. The van der Waals surface area contributed by atoms with Crippen molar-refractivity contribution in [1.29, 1.82) is 0 Å². The van der Waals surface area contributed by atoms with E-state index >= 15 is 0 Å². The molecule has 0 saturated carbocycles. The van der Waals surface area contributed by atoms with Crippen LogP contribution in [0.15, 0.2) is 30.3 Å². The number of benzene rings is 1. The summed E-state index contributed by atoms with van der Waals surface area (Å²) in [5.74, 6) is 2.08. The van der Waals surface area contributed by atoms with E-state index in [1.807, 2.05) is 25.1 Å². The van der Waals surface area contributed by atoms with E-state index in [1.54, 1.807) is 19.1 Å². The van der Waals surface area contributed by atoms with Gasteiger partial charge < -0.3 is 10.6 Å². The van der Waals surface area contributed by atoms with E-state index in [2.05, 4.69) is 34.4 Å². The molecule has 0 radical (unpaired) electrons.